The van der Waals surface area contributed by atoms with E-state index in [-0.39, 0.29) is 0 Å². The molecule has 0 saturated heterocycles. The highest BCUT2D eigenvalue weighted by molar-refractivity contribution is 7.99. The fraction of sp³-hybridized carbons (Fsp3) is 0. The van der Waals surface area contributed by atoms with Crippen LogP contribution in [0.15, 0.2) is 228 Å². The van der Waals surface area contributed by atoms with Crippen molar-refractivity contribution in [1.82, 2.24) is 9.13 Å². The molecule has 67 heavy (non-hydrogen) atoms. The Hall–Kier alpha value is -8.34. The van der Waals surface area contributed by atoms with Crippen molar-refractivity contribution < 1.29 is 0 Å². The van der Waals surface area contributed by atoms with Crippen molar-refractivity contribution in [3.8, 4) is 39.7 Å². The van der Waals surface area contributed by atoms with Gasteiger partial charge in [0.15, 0.2) is 0 Å². The molecule has 0 aliphatic carbocycles. The molecule has 13 aromatic rings. The summed E-state index contributed by atoms with van der Waals surface area (Å²) in [6.45, 7) is 0. The summed E-state index contributed by atoms with van der Waals surface area (Å²) < 4.78 is 7.37. The van der Waals surface area contributed by atoms with E-state index in [0.29, 0.717) is 5.56 Å². The van der Waals surface area contributed by atoms with Gasteiger partial charge in [0.25, 0.3) is 0 Å². The third kappa shape index (κ3) is 5.92. The Bertz CT molecular complexity index is 4110. The van der Waals surface area contributed by atoms with E-state index in [2.05, 4.69) is 226 Å². The van der Waals surface area contributed by atoms with E-state index in [0.717, 1.165) is 50.2 Å². The van der Waals surface area contributed by atoms with Crippen molar-refractivity contribution >= 4 is 104 Å². The second kappa shape index (κ2) is 14.8. The van der Waals surface area contributed by atoms with Crippen LogP contribution in [-0.4, -0.2) is 9.13 Å². The largest absolute Gasteiger partial charge is 0.309 e. The zero-order chi connectivity index (χ0) is 44.2. The van der Waals surface area contributed by atoms with E-state index >= 15 is 0 Å². The smallest absolute Gasteiger partial charge is 0.0991 e. The number of anilines is 3. The number of benzene rings is 10. The Morgan fingerprint density at radius 3 is 1.48 bits per heavy atom. The zero-order valence-electron chi connectivity index (χ0n) is 35.9. The summed E-state index contributed by atoms with van der Waals surface area (Å²) in [6, 6.07) is 81.7. The van der Waals surface area contributed by atoms with E-state index in [1.807, 2.05) is 35.2 Å². The molecule has 4 nitrogen and oxygen atoms in total. The average Bonchev–Trinajstić information content (AvgIpc) is 4.05. The van der Waals surface area contributed by atoms with Crippen molar-refractivity contribution in [2.75, 3.05) is 4.90 Å². The molecule has 10 aromatic carbocycles. The first-order chi connectivity index (χ1) is 33.1. The van der Waals surface area contributed by atoms with Gasteiger partial charge in [0, 0.05) is 68.6 Å². The lowest BCUT2D eigenvalue weighted by atomic mass is 10.0. The van der Waals surface area contributed by atoms with Crippen LogP contribution in [0.2, 0.25) is 0 Å². The van der Waals surface area contributed by atoms with Gasteiger partial charge < -0.3 is 14.0 Å². The van der Waals surface area contributed by atoms with Gasteiger partial charge in [-0.3, -0.25) is 0 Å². The van der Waals surface area contributed by atoms with Crippen LogP contribution in [0.1, 0.15) is 5.56 Å². The van der Waals surface area contributed by atoms with Crippen LogP contribution in [0.25, 0.3) is 97.4 Å². The molecule has 0 atom stereocenters. The Labute approximate surface area is 394 Å². The summed E-state index contributed by atoms with van der Waals surface area (Å²) in [4.78, 5) is 4.80. The highest BCUT2D eigenvalue weighted by Crippen LogP contribution is 2.54. The molecule has 0 radical (unpaired) electrons. The Kier molecular flexibility index (Phi) is 8.42. The van der Waals surface area contributed by atoms with E-state index in [1.54, 1.807) is 0 Å². The summed E-state index contributed by atoms with van der Waals surface area (Å²) in [7, 11) is 0. The molecular formula is C61H36N4S2. The van der Waals surface area contributed by atoms with Crippen LogP contribution in [0.4, 0.5) is 17.1 Å². The molecule has 0 unspecified atom stereocenters. The van der Waals surface area contributed by atoms with Crippen molar-refractivity contribution in [2.24, 2.45) is 0 Å². The van der Waals surface area contributed by atoms with E-state index in [9.17, 15) is 5.26 Å². The quantitative estimate of drug-likeness (QED) is 0.173. The molecular weight excluding hydrogens is 853 g/mol. The number of nitriles is 1. The Morgan fingerprint density at radius 2 is 0.851 bits per heavy atom. The highest BCUT2D eigenvalue weighted by atomic mass is 32.2. The molecule has 0 fully saturated rings. The molecule has 0 spiro atoms. The number of hydrogen-bond acceptors (Lipinski definition) is 4. The minimum atomic E-state index is 0.659. The number of hydrogen-bond donors (Lipinski definition) is 0. The van der Waals surface area contributed by atoms with Crippen molar-refractivity contribution in [2.45, 2.75) is 9.79 Å². The van der Waals surface area contributed by atoms with Gasteiger partial charge in [-0.1, -0.05) is 121 Å². The monoisotopic (exact) mass is 888 g/mol. The third-order valence-electron chi connectivity index (χ3n) is 13.5. The normalized spacial score (nSPS) is 12.4. The van der Waals surface area contributed by atoms with Gasteiger partial charge in [0.1, 0.15) is 0 Å². The molecule has 0 N–H and O–H groups in total. The minimum Gasteiger partial charge on any atom is -0.309 e. The number of nitrogens with zero attached hydrogens (tertiary/aromatic N) is 4. The SMILES string of the molecule is N#Cc1ccc2c(c1)c1ccccc1n2-c1ccc2c(c1)Sc1cc(-n3c4ccc(-c5ccccc5)cc4c4cc(-c5ccccc5)ccc43)ccc1N2c1ccc2sc3ccccc3c2c1. The van der Waals surface area contributed by atoms with Crippen molar-refractivity contribution in [1.29, 1.82) is 5.26 Å². The summed E-state index contributed by atoms with van der Waals surface area (Å²) in [5.74, 6) is 0. The van der Waals surface area contributed by atoms with Crippen LogP contribution in [0.5, 0.6) is 0 Å². The third-order valence-corrected chi connectivity index (χ3v) is 15.8. The number of para-hydroxylation sites is 1. The Morgan fingerprint density at radius 1 is 0.343 bits per heavy atom. The predicted molar refractivity (Wildman–Crippen MR) is 282 cm³/mol. The zero-order valence-corrected chi connectivity index (χ0v) is 37.5. The second-order valence-corrected chi connectivity index (χ2v) is 19.4. The van der Waals surface area contributed by atoms with E-state index in [1.165, 1.54) is 74.0 Å². The summed E-state index contributed by atoms with van der Waals surface area (Å²) in [5, 5.41) is 17.1. The predicted octanol–water partition coefficient (Wildman–Crippen LogP) is 17.4. The van der Waals surface area contributed by atoms with Gasteiger partial charge in [-0.05, 0) is 131 Å². The summed E-state index contributed by atoms with van der Waals surface area (Å²) in [5.41, 5.74) is 15.6. The van der Waals surface area contributed by atoms with Gasteiger partial charge in [0.05, 0.1) is 45.1 Å². The highest BCUT2D eigenvalue weighted by Gasteiger charge is 2.28. The molecule has 1 aliphatic heterocycles. The maximum Gasteiger partial charge on any atom is 0.0991 e. The molecule has 312 valence electrons. The second-order valence-electron chi connectivity index (χ2n) is 17.2. The number of thiophene rings is 1. The molecule has 4 heterocycles. The molecule has 0 saturated carbocycles. The van der Waals surface area contributed by atoms with Crippen LogP contribution in [-0.2, 0) is 0 Å². The lowest BCUT2D eigenvalue weighted by Crippen LogP contribution is -2.15. The van der Waals surface area contributed by atoms with Crippen LogP contribution < -0.4 is 4.90 Å². The lowest BCUT2D eigenvalue weighted by Gasteiger charge is -2.33. The number of rotatable bonds is 5. The molecule has 6 heteroatoms. The van der Waals surface area contributed by atoms with Gasteiger partial charge in [-0.25, -0.2) is 0 Å². The Balaban J connectivity index is 0.980. The van der Waals surface area contributed by atoms with Crippen molar-refractivity contribution in [3.05, 3.63) is 224 Å². The maximum absolute atomic E-state index is 9.85. The summed E-state index contributed by atoms with van der Waals surface area (Å²) >= 11 is 3.68. The van der Waals surface area contributed by atoms with E-state index in [4.69, 9.17) is 0 Å². The fourth-order valence-electron chi connectivity index (χ4n) is 10.4. The molecule has 1 aliphatic rings. The lowest BCUT2D eigenvalue weighted by molar-refractivity contribution is 1.11. The van der Waals surface area contributed by atoms with Crippen LogP contribution >= 0.6 is 23.1 Å². The standard InChI is InChI=1S/C61H36N4S2/c62-37-38-19-25-53-48(31-38)46-15-7-9-17-52(46)63(53)44-22-28-56-60(35-44)67-61-36-45(23-29-57(61)65(56)43-24-30-59-51(34-43)47-16-8-10-18-58(47)66-59)64-54-26-20-41(39-11-3-1-4-12-39)32-49(54)50-33-42(21-27-55(50)64)40-13-5-2-6-14-40/h1-36H. The number of fused-ring (bicyclic) bond motifs is 11. The van der Waals surface area contributed by atoms with Crippen molar-refractivity contribution in [3.63, 3.8) is 0 Å². The van der Waals surface area contributed by atoms with Crippen LogP contribution in [0.3, 0.4) is 0 Å². The first-order valence-corrected chi connectivity index (χ1v) is 24.1. The molecule has 0 amide bonds. The minimum absolute atomic E-state index is 0.659. The molecule has 14 rings (SSSR count). The first-order valence-electron chi connectivity index (χ1n) is 22.5. The van der Waals surface area contributed by atoms with Gasteiger partial charge in [0.2, 0.25) is 0 Å². The molecule has 3 aromatic heterocycles. The van der Waals surface area contributed by atoms with Gasteiger partial charge in [-0.2, -0.15) is 5.26 Å². The first kappa shape index (κ1) is 38.0. The van der Waals surface area contributed by atoms with Crippen LogP contribution in [0, 0.1) is 11.3 Å². The number of aromatic nitrogens is 2. The summed E-state index contributed by atoms with van der Waals surface area (Å²) in [6.07, 6.45) is 0. The van der Waals surface area contributed by atoms with Gasteiger partial charge in [-0.15, -0.1) is 11.3 Å². The fourth-order valence-corrected chi connectivity index (χ4v) is 12.6. The maximum atomic E-state index is 9.85. The molecule has 0 bridgehead atoms. The van der Waals surface area contributed by atoms with E-state index < -0.39 is 0 Å². The topological polar surface area (TPSA) is 36.9 Å². The van der Waals surface area contributed by atoms with Gasteiger partial charge >= 0.3 is 0 Å². The average molecular weight is 889 g/mol.